The minimum atomic E-state index is 0.228. The van der Waals surface area contributed by atoms with Crippen LogP contribution < -0.4 is 5.32 Å². The summed E-state index contributed by atoms with van der Waals surface area (Å²) in [7, 11) is 0. The van der Waals surface area contributed by atoms with Crippen LogP contribution in [0.2, 0.25) is 0 Å². The number of nitrogens with one attached hydrogen (secondary N) is 1. The van der Waals surface area contributed by atoms with Crippen molar-refractivity contribution in [2.45, 2.75) is 65.3 Å². The van der Waals surface area contributed by atoms with Crippen LogP contribution >= 0.6 is 0 Å². The molecule has 0 amide bonds. The van der Waals surface area contributed by atoms with Crippen LogP contribution in [0.5, 0.6) is 0 Å². The normalized spacial score (nSPS) is 31.2. The lowest BCUT2D eigenvalue weighted by molar-refractivity contribution is 0.222. The van der Waals surface area contributed by atoms with Crippen LogP contribution in [0.1, 0.15) is 58.1 Å². The number of hydrogen-bond acceptors (Lipinski definition) is 1. The van der Waals surface area contributed by atoms with Crippen LogP contribution in [0.25, 0.3) is 0 Å². The van der Waals surface area contributed by atoms with Crippen molar-refractivity contribution in [2.24, 2.45) is 17.3 Å². The molecule has 0 aliphatic heterocycles. The molecule has 0 saturated heterocycles. The largest absolute Gasteiger partial charge is 0.312 e. The van der Waals surface area contributed by atoms with Crippen molar-refractivity contribution in [1.29, 1.82) is 0 Å². The van der Waals surface area contributed by atoms with Crippen LogP contribution in [0.3, 0.4) is 0 Å². The fraction of sp³-hybridized carbons (Fsp3) is 0.700. The maximum atomic E-state index is 3.79. The Bertz CT molecular complexity index is 470. The Morgan fingerprint density at radius 1 is 1.05 bits per heavy atom. The first-order valence-corrected chi connectivity index (χ1v) is 8.72. The van der Waals surface area contributed by atoms with Gasteiger partial charge in [0.2, 0.25) is 0 Å². The number of aryl methyl sites for hydroxylation is 1. The van der Waals surface area contributed by atoms with Crippen LogP contribution in [0.15, 0.2) is 24.3 Å². The summed E-state index contributed by atoms with van der Waals surface area (Å²) in [6, 6.07) is 9.36. The Morgan fingerprint density at radius 3 is 2.14 bits per heavy atom. The fourth-order valence-corrected chi connectivity index (χ4v) is 4.14. The molecule has 1 aromatic rings. The van der Waals surface area contributed by atoms with E-state index >= 15 is 0 Å². The molecule has 3 rings (SSSR count). The predicted molar refractivity (Wildman–Crippen MR) is 90.5 cm³/mol. The zero-order valence-electron chi connectivity index (χ0n) is 14.2. The molecule has 0 bridgehead atoms. The molecule has 2 saturated carbocycles. The first-order chi connectivity index (χ1) is 9.89. The van der Waals surface area contributed by atoms with Crippen molar-refractivity contribution < 1.29 is 0 Å². The van der Waals surface area contributed by atoms with Gasteiger partial charge in [-0.2, -0.15) is 0 Å². The number of rotatable bonds is 5. The van der Waals surface area contributed by atoms with Crippen LogP contribution in [0.4, 0.5) is 0 Å². The third-order valence-corrected chi connectivity index (χ3v) is 5.46. The van der Waals surface area contributed by atoms with Crippen molar-refractivity contribution in [3.8, 4) is 0 Å². The topological polar surface area (TPSA) is 12.0 Å². The molecule has 1 aromatic carbocycles. The van der Waals surface area contributed by atoms with E-state index in [1.165, 1.54) is 43.4 Å². The van der Waals surface area contributed by atoms with E-state index in [-0.39, 0.29) is 5.54 Å². The second-order valence-corrected chi connectivity index (χ2v) is 8.61. The van der Waals surface area contributed by atoms with Gasteiger partial charge in [0.15, 0.2) is 0 Å². The molecule has 2 aliphatic rings. The van der Waals surface area contributed by atoms with Crippen molar-refractivity contribution in [2.75, 3.05) is 6.54 Å². The molecule has 1 N–H and O–H groups in total. The molecular weight excluding hydrogens is 254 g/mol. The van der Waals surface area contributed by atoms with Crippen LogP contribution in [-0.4, -0.2) is 12.1 Å². The maximum Gasteiger partial charge on any atom is 0.00967 e. The van der Waals surface area contributed by atoms with Crippen molar-refractivity contribution in [3.05, 3.63) is 35.4 Å². The third-order valence-electron chi connectivity index (χ3n) is 5.46. The van der Waals surface area contributed by atoms with Crippen LogP contribution in [0, 0.1) is 17.3 Å². The Balaban J connectivity index is 1.70. The molecule has 2 aliphatic carbocycles. The Morgan fingerprint density at radius 2 is 1.62 bits per heavy atom. The first kappa shape index (κ1) is 15.1. The summed E-state index contributed by atoms with van der Waals surface area (Å²) in [5.41, 5.74) is 3.72. The summed E-state index contributed by atoms with van der Waals surface area (Å²) in [4.78, 5) is 0. The molecule has 1 heteroatoms. The van der Waals surface area contributed by atoms with E-state index in [1.54, 1.807) is 0 Å². The number of fused-ring (bicyclic) bond motifs is 1. The molecule has 0 heterocycles. The molecule has 0 spiro atoms. The minimum Gasteiger partial charge on any atom is -0.312 e. The van der Waals surface area contributed by atoms with Gasteiger partial charge >= 0.3 is 0 Å². The zero-order chi connectivity index (χ0) is 15.1. The molecule has 2 fully saturated rings. The van der Waals surface area contributed by atoms with Crippen molar-refractivity contribution in [3.63, 3.8) is 0 Å². The van der Waals surface area contributed by atoms with Gasteiger partial charge in [-0.15, -0.1) is 0 Å². The van der Waals surface area contributed by atoms with Gasteiger partial charge in [-0.1, -0.05) is 31.2 Å². The summed E-state index contributed by atoms with van der Waals surface area (Å²) in [6.07, 6.45) is 6.78. The van der Waals surface area contributed by atoms with Gasteiger partial charge < -0.3 is 5.32 Å². The van der Waals surface area contributed by atoms with E-state index in [2.05, 4.69) is 57.3 Å². The summed E-state index contributed by atoms with van der Waals surface area (Å²) in [6.45, 7) is 10.3. The Labute approximate surface area is 130 Å². The third kappa shape index (κ3) is 3.69. The van der Waals surface area contributed by atoms with Crippen LogP contribution in [-0.2, 0) is 12.8 Å². The van der Waals surface area contributed by atoms with E-state index in [0.717, 1.165) is 18.3 Å². The van der Waals surface area contributed by atoms with Gasteiger partial charge in [-0.25, -0.2) is 0 Å². The van der Waals surface area contributed by atoms with Gasteiger partial charge in [0.05, 0.1) is 0 Å². The second kappa shape index (κ2) is 5.43. The SMILES string of the molecule is CCc1ccc(CC2(CNC(C)(C)C)CC3CC3C2)cc1. The summed E-state index contributed by atoms with van der Waals surface area (Å²) in [5.74, 6) is 2.09. The second-order valence-electron chi connectivity index (χ2n) is 8.61. The number of benzene rings is 1. The van der Waals surface area contributed by atoms with Crippen molar-refractivity contribution in [1.82, 2.24) is 5.32 Å². The standard InChI is InChI=1S/C20H31N/c1-5-15-6-8-16(9-7-15)11-20(14-21-19(2,3)4)12-17-10-18(17)13-20/h6-9,17-18,21H,5,10-14H2,1-4H3. The highest BCUT2D eigenvalue weighted by Crippen LogP contribution is 2.60. The molecule has 1 nitrogen and oxygen atoms in total. The molecule has 2 unspecified atom stereocenters. The molecule has 0 radical (unpaired) electrons. The highest BCUT2D eigenvalue weighted by Gasteiger charge is 2.53. The smallest absolute Gasteiger partial charge is 0.00967 e. The molecule has 0 aromatic heterocycles. The Kier molecular flexibility index (Phi) is 3.90. The average molecular weight is 285 g/mol. The van der Waals surface area contributed by atoms with E-state index in [9.17, 15) is 0 Å². The first-order valence-electron chi connectivity index (χ1n) is 8.72. The van der Waals surface area contributed by atoms with E-state index in [0.29, 0.717) is 5.41 Å². The van der Waals surface area contributed by atoms with Gasteiger partial charge in [-0.05, 0) is 81.3 Å². The monoisotopic (exact) mass is 285 g/mol. The van der Waals surface area contributed by atoms with Gasteiger partial charge in [0, 0.05) is 12.1 Å². The fourth-order valence-electron chi connectivity index (χ4n) is 4.14. The summed E-state index contributed by atoms with van der Waals surface area (Å²) < 4.78 is 0. The highest BCUT2D eigenvalue weighted by molar-refractivity contribution is 5.24. The predicted octanol–water partition coefficient (Wildman–Crippen LogP) is 4.60. The Hall–Kier alpha value is -0.820. The van der Waals surface area contributed by atoms with Gasteiger partial charge in [-0.3, -0.25) is 0 Å². The minimum absolute atomic E-state index is 0.228. The lowest BCUT2D eigenvalue weighted by Gasteiger charge is -2.35. The summed E-state index contributed by atoms with van der Waals surface area (Å²) >= 11 is 0. The number of hydrogen-bond donors (Lipinski definition) is 1. The lowest BCUT2D eigenvalue weighted by atomic mass is 9.77. The molecule has 21 heavy (non-hydrogen) atoms. The maximum absolute atomic E-state index is 3.79. The van der Waals surface area contributed by atoms with E-state index in [4.69, 9.17) is 0 Å². The van der Waals surface area contributed by atoms with Gasteiger partial charge in [0.25, 0.3) is 0 Å². The van der Waals surface area contributed by atoms with Gasteiger partial charge in [0.1, 0.15) is 0 Å². The summed E-state index contributed by atoms with van der Waals surface area (Å²) in [5, 5.41) is 3.79. The molecular formula is C20H31N. The quantitative estimate of drug-likeness (QED) is 0.834. The van der Waals surface area contributed by atoms with E-state index in [1.807, 2.05) is 0 Å². The highest BCUT2D eigenvalue weighted by atomic mass is 15.0. The van der Waals surface area contributed by atoms with E-state index < -0.39 is 0 Å². The lowest BCUT2D eigenvalue weighted by Crippen LogP contribution is -2.44. The molecule has 116 valence electrons. The van der Waals surface area contributed by atoms with Crippen molar-refractivity contribution >= 4 is 0 Å². The average Bonchev–Trinajstić information content (AvgIpc) is 3.05. The zero-order valence-corrected chi connectivity index (χ0v) is 14.2. The molecule has 2 atom stereocenters.